The topological polar surface area (TPSA) is 83.3 Å². The van der Waals surface area contributed by atoms with E-state index >= 15 is 0 Å². The van der Waals surface area contributed by atoms with E-state index in [1.54, 1.807) is 13.1 Å². The quantitative estimate of drug-likeness (QED) is 0.543. The van der Waals surface area contributed by atoms with Crippen LogP contribution in [0, 0.1) is 0 Å². The highest BCUT2D eigenvalue weighted by Gasteiger charge is 2.19. The molecule has 0 bridgehead atoms. The van der Waals surface area contributed by atoms with E-state index in [2.05, 4.69) is 20.6 Å². The maximum atomic E-state index is 11.0. The lowest BCUT2D eigenvalue weighted by molar-refractivity contribution is -0.119. The Morgan fingerprint density at radius 3 is 2.89 bits per heavy atom. The zero-order chi connectivity index (χ0) is 13.7. The maximum Gasteiger partial charge on any atom is 0.217 e. The number of nitrogens with two attached hydrogens (primary N) is 1. The van der Waals surface area contributed by atoms with Crippen LogP contribution in [0.5, 0.6) is 0 Å². The lowest BCUT2D eigenvalue weighted by Crippen LogP contribution is -2.43. The van der Waals surface area contributed by atoms with Crippen molar-refractivity contribution >= 4 is 11.7 Å². The number of nitrogens with zero attached hydrogens (tertiary/aromatic N) is 2. The molecule has 6 nitrogen and oxygen atoms in total. The standard InChI is InChI=1S/C13H21N5O/c1-10(19)16-12-3-6-18(7-4-12)9-11-2-5-15-13(8-11)17-14/h2,5,8,12H,3-4,6-7,9,14H2,1H3,(H,15,17)(H,16,19). The van der Waals surface area contributed by atoms with Gasteiger partial charge in [0.15, 0.2) is 0 Å². The predicted octanol–water partition coefficient (Wildman–Crippen LogP) is 0.468. The Hall–Kier alpha value is -1.66. The zero-order valence-electron chi connectivity index (χ0n) is 11.2. The summed E-state index contributed by atoms with van der Waals surface area (Å²) < 4.78 is 0. The molecule has 0 atom stereocenters. The number of pyridine rings is 1. The summed E-state index contributed by atoms with van der Waals surface area (Å²) in [6.07, 6.45) is 3.77. The molecule has 6 heteroatoms. The van der Waals surface area contributed by atoms with E-state index in [0.717, 1.165) is 32.5 Å². The second-order valence-electron chi connectivity index (χ2n) is 4.94. The summed E-state index contributed by atoms with van der Waals surface area (Å²) in [4.78, 5) is 17.5. The van der Waals surface area contributed by atoms with E-state index in [9.17, 15) is 4.79 Å². The van der Waals surface area contributed by atoms with Gasteiger partial charge < -0.3 is 10.7 Å². The van der Waals surface area contributed by atoms with Crippen LogP contribution in [0.25, 0.3) is 0 Å². The van der Waals surface area contributed by atoms with E-state index in [1.807, 2.05) is 12.1 Å². The Labute approximate surface area is 113 Å². The van der Waals surface area contributed by atoms with Gasteiger partial charge in [-0.25, -0.2) is 10.8 Å². The number of nitrogens with one attached hydrogen (secondary N) is 2. The summed E-state index contributed by atoms with van der Waals surface area (Å²) >= 11 is 0. The van der Waals surface area contributed by atoms with E-state index in [4.69, 9.17) is 5.84 Å². The minimum Gasteiger partial charge on any atom is -0.354 e. The predicted molar refractivity (Wildman–Crippen MR) is 74.2 cm³/mol. The van der Waals surface area contributed by atoms with Crippen LogP contribution < -0.4 is 16.6 Å². The van der Waals surface area contributed by atoms with Gasteiger partial charge in [-0.05, 0) is 30.5 Å². The van der Waals surface area contributed by atoms with Crippen molar-refractivity contribution in [3.8, 4) is 0 Å². The lowest BCUT2D eigenvalue weighted by atomic mass is 10.0. The smallest absolute Gasteiger partial charge is 0.217 e. The van der Waals surface area contributed by atoms with Crippen molar-refractivity contribution in [3.05, 3.63) is 23.9 Å². The third-order valence-corrected chi connectivity index (χ3v) is 3.37. The first kappa shape index (κ1) is 13.8. The van der Waals surface area contributed by atoms with Crippen LogP contribution in [0.3, 0.4) is 0 Å². The van der Waals surface area contributed by atoms with Gasteiger partial charge in [0.2, 0.25) is 5.91 Å². The summed E-state index contributed by atoms with van der Waals surface area (Å²) in [6, 6.07) is 4.29. The van der Waals surface area contributed by atoms with Crippen LogP contribution in [-0.4, -0.2) is 34.9 Å². The molecule has 1 saturated heterocycles. The van der Waals surface area contributed by atoms with Crippen LogP contribution in [0.2, 0.25) is 0 Å². The Morgan fingerprint density at radius 2 is 2.26 bits per heavy atom. The first-order valence-electron chi connectivity index (χ1n) is 6.58. The number of carbonyl (C=O) groups is 1. The first-order valence-corrected chi connectivity index (χ1v) is 6.58. The largest absolute Gasteiger partial charge is 0.354 e. The highest BCUT2D eigenvalue weighted by Crippen LogP contribution is 2.15. The van der Waals surface area contributed by atoms with Gasteiger partial charge in [-0.2, -0.15) is 0 Å². The molecule has 1 aromatic rings. The summed E-state index contributed by atoms with van der Waals surface area (Å²) in [7, 11) is 0. The molecular weight excluding hydrogens is 242 g/mol. The summed E-state index contributed by atoms with van der Waals surface area (Å²) in [5.41, 5.74) is 3.75. The molecule has 1 aliphatic rings. The van der Waals surface area contributed by atoms with Gasteiger partial charge in [-0.1, -0.05) is 0 Å². The van der Waals surface area contributed by atoms with Crippen molar-refractivity contribution in [2.45, 2.75) is 32.4 Å². The van der Waals surface area contributed by atoms with Crippen molar-refractivity contribution in [1.82, 2.24) is 15.2 Å². The van der Waals surface area contributed by atoms with Crippen LogP contribution in [0.1, 0.15) is 25.3 Å². The van der Waals surface area contributed by atoms with E-state index in [1.165, 1.54) is 5.56 Å². The average molecular weight is 263 g/mol. The fraction of sp³-hybridized carbons (Fsp3) is 0.538. The molecule has 4 N–H and O–H groups in total. The maximum absolute atomic E-state index is 11.0. The number of hydrogen-bond acceptors (Lipinski definition) is 5. The molecule has 0 unspecified atom stereocenters. The normalized spacial score (nSPS) is 17.2. The van der Waals surface area contributed by atoms with Gasteiger partial charge in [0.25, 0.3) is 0 Å². The van der Waals surface area contributed by atoms with Gasteiger partial charge in [-0.15, -0.1) is 0 Å². The number of carbonyl (C=O) groups excluding carboxylic acids is 1. The second-order valence-corrected chi connectivity index (χ2v) is 4.94. The molecule has 0 spiro atoms. The molecule has 0 aromatic carbocycles. The summed E-state index contributed by atoms with van der Waals surface area (Å²) in [6.45, 7) is 4.46. The molecule has 1 aromatic heterocycles. The van der Waals surface area contributed by atoms with Gasteiger partial charge >= 0.3 is 0 Å². The van der Waals surface area contributed by atoms with E-state index < -0.39 is 0 Å². The van der Waals surface area contributed by atoms with Crippen molar-refractivity contribution in [2.75, 3.05) is 18.5 Å². The number of likely N-dealkylation sites (tertiary alicyclic amines) is 1. The molecule has 0 saturated carbocycles. The van der Waals surface area contributed by atoms with Crippen molar-refractivity contribution in [1.29, 1.82) is 0 Å². The van der Waals surface area contributed by atoms with Crippen molar-refractivity contribution in [2.24, 2.45) is 5.84 Å². The minimum absolute atomic E-state index is 0.0613. The number of rotatable bonds is 4. The van der Waals surface area contributed by atoms with Crippen LogP contribution in [0.15, 0.2) is 18.3 Å². The fourth-order valence-electron chi connectivity index (χ4n) is 2.43. The Bertz CT molecular complexity index is 429. The lowest BCUT2D eigenvalue weighted by Gasteiger charge is -2.32. The fourth-order valence-corrected chi connectivity index (χ4v) is 2.43. The molecule has 2 rings (SSSR count). The van der Waals surface area contributed by atoms with Gasteiger partial charge in [-0.3, -0.25) is 9.69 Å². The number of hydrogen-bond donors (Lipinski definition) is 3. The minimum atomic E-state index is 0.0613. The van der Waals surface area contributed by atoms with Gasteiger partial charge in [0, 0.05) is 38.8 Å². The summed E-state index contributed by atoms with van der Waals surface area (Å²) in [5.74, 6) is 6.10. The van der Waals surface area contributed by atoms with Gasteiger partial charge in [0.1, 0.15) is 5.82 Å². The highest BCUT2D eigenvalue weighted by atomic mass is 16.1. The number of amides is 1. The number of anilines is 1. The SMILES string of the molecule is CC(=O)NC1CCN(Cc2ccnc(NN)c2)CC1. The molecular formula is C13H21N5O. The Balaban J connectivity index is 1.83. The number of piperidine rings is 1. The van der Waals surface area contributed by atoms with E-state index in [-0.39, 0.29) is 5.91 Å². The number of hydrazine groups is 1. The zero-order valence-corrected chi connectivity index (χ0v) is 11.2. The second kappa shape index (κ2) is 6.49. The molecule has 0 aliphatic carbocycles. The molecule has 104 valence electrons. The van der Waals surface area contributed by atoms with Crippen LogP contribution >= 0.6 is 0 Å². The average Bonchev–Trinajstić information content (AvgIpc) is 2.41. The molecule has 1 amide bonds. The highest BCUT2D eigenvalue weighted by molar-refractivity contribution is 5.73. The molecule has 19 heavy (non-hydrogen) atoms. The van der Waals surface area contributed by atoms with Crippen molar-refractivity contribution < 1.29 is 4.79 Å². The molecule has 0 radical (unpaired) electrons. The van der Waals surface area contributed by atoms with Crippen molar-refractivity contribution in [3.63, 3.8) is 0 Å². The van der Waals surface area contributed by atoms with Crippen LogP contribution in [0.4, 0.5) is 5.82 Å². The number of nitrogen functional groups attached to an aromatic ring is 1. The molecule has 2 heterocycles. The molecule has 1 fully saturated rings. The Kier molecular flexibility index (Phi) is 4.70. The van der Waals surface area contributed by atoms with Gasteiger partial charge in [0.05, 0.1) is 0 Å². The third-order valence-electron chi connectivity index (χ3n) is 3.37. The Morgan fingerprint density at radius 1 is 1.53 bits per heavy atom. The third kappa shape index (κ3) is 4.18. The first-order chi connectivity index (χ1) is 9.17. The number of aromatic nitrogens is 1. The van der Waals surface area contributed by atoms with Crippen LogP contribution in [-0.2, 0) is 11.3 Å². The monoisotopic (exact) mass is 263 g/mol. The van der Waals surface area contributed by atoms with E-state index in [0.29, 0.717) is 11.9 Å². The summed E-state index contributed by atoms with van der Waals surface area (Å²) in [5, 5.41) is 2.98. The molecule has 1 aliphatic heterocycles.